The van der Waals surface area contributed by atoms with Crippen molar-refractivity contribution in [3.63, 3.8) is 0 Å². The van der Waals surface area contributed by atoms with Gasteiger partial charge < -0.3 is 0 Å². The Hall–Kier alpha value is -0.882. The molecule has 0 aliphatic heterocycles. The van der Waals surface area contributed by atoms with Crippen LogP contribution in [0.25, 0.3) is 0 Å². The van der Waals surface area contributed by atoms with Crippen LogP contribution >= 0.6 is 0 Å². The fraction of sp³-hybridized carbons (Fsp3) is 0.182. The van der Waals surface area contributed by atoms with Gasteiger partial charge in [-0.15, -0.1) is 0 Å². The first-order valence-corrected chi connectivity index (χ1v) is 5.65. The van der Waals surface area contributed by atoms with Crippen LogP contribution in [-0.2, 0) is 25.9 Å². The number of H-pyrrole nitrogens is 1. The van der Waals surface area contributed by atoms with Crippen LogP contribution in [0.1, 0.15) is 11.3 Å². The van der Waals surface area contributed by atoms with Gasteiger partial charge in [-0.2, -0.15) is 0 Å². The molecular formula is C11H12N2Pt. The van der Waals surface area contributed by atoms with E-state index in [0.29, 0.717) is 0 Å². The van der Waals surface area contributed by atoms with Crippen molar-refractivity contribution in [2.75, 3.05) is 0 Å². The zero-order chi connectivity index (χ0) is 9.97. The van der Waals surface area contributed by atoms with Crippen molar-refractivity contribution in [3.05, 3.63) is 51.6 Å². The molecule has 1 N–H and O–H groups in total. The third kappa shape index (κ3) is 1.96. The Morgan fingerprint density at radius 3 is 2.57 bits per heavy atom. The van der Waals surface area contributed by atoms with Crippen molar-refractivity contribution < 1.29 is 19.4 Å². The average molecular weight is 367 g/mol. The number of aromatic nitrogens is 2. The summed E-state index contributed by atoms with van der Waals surface area (Å²) in [6, 6.07) is 10.5. The Labute approximate surface area is 94.0 Å². The zero-order valence-corrected chi connectivity index (χ0v) is 10.2. The molecule has 0 radical (unpaired) electrons. The van der Waals surface area contributed by atoms with E-state index in [1.165, 1.54) is 15.1 Å². The second kappa shape index (κ2) is 4.10. The maximum absolute atomic E-state index is 3.21. The molecule has 2 nitrogen and oxygen atoms in total. The Balaban J connectivity index is 2.32. The number of nitrogens with zero attached hydrogens (tertiary/aromatic N) is 1. The minimum atomic E-state index is 0.939. The minimum absolute atomic E-state index is 0.939. The Bertz CT molecular complexity index is 468. The predicted molar refractivity (Wildman–Crippen MR) is 52.3 cm³/mol. The number of imidazole rings is 1. The van der Waals surface area contributed by atoms with E-state index in [1.54, 1.807) is 0 Å². The quantitative estimate of drug-likeness (QED) is 0.841. The second-order valence-electron chi connectivity index (χ2n) is 3.26. The maximum atomic E-state index is 3.21. The zero-order valence-electron chi connectivity index (χ0n) is 7.93. The van der Waals surface area contributed by atoms with Gasteiger partial charge in [0.15, 0.2) is 0 Å². The first kappa shape index (κ1) is 9.66. The van der Waals surface area contributed by atoms with Crippen molar-refractivity contribution >= 4 is 0 Å². The van der Waals surface area contributed by atoms with Gasteiger partial charge in [-0.25, -0.2) is 0 Å². The molecule has 0 spiro atoms. The molecule has 76 valence electrons. The summed E-state index contributed by atoms with van der Waals surface area (Å²) in [5, 5.41) is 0. The van der Waals surface area contributed by atoms with E-state index in [1.807, 2.05) is 12.3 Å². The van der Waals surface area contributed by atoms with Gasteiger partial charge in [-0.05, 0) is 0 Å². The fourth-order valence-corrected chi connectivity index (χ4v) is 2.16. The monoisotopic (exact) mass is 367 g/mol. The van der Waals surface area contributed by atoms with Gasteiger partial charge in [0.25, 0.3) is 0 Å². The Morgan fingerprint density at radius 1 is 1.29 bits per heavy atom. The molecule has 1 aromatic carbocycles. The van der Waals surface area contributed by atoms with Crippen LogP contribution in [0.4, 0.5) is 0 Å². The third-order valence-corrected chi connectivity index (χ3v) is 3.16. The molecule has 1 heterocycles. The summed E-state index contributed by atoms with van der Waals surface area (Å²) in [5.41, 5.74) is 2.59. The van der Waals surface area contributed by atoms with Crippen LogP contribution in [0, 0.1) is 10.7 Å². The molecular weight excluding hydrogens is 355 g/mol. The molecule has 0 bridgehead atoms. The molecule has 0 aliphatic rings. The number of hydrogen-bond donors (Lipinski definition) is 1. The van der Waals surface area contributed by atoms with Gasteiger partial charge in [-0.1, -0.05) is 0 Å². The van der Waals surface area contributed by atoms with Crippen LogP contribution in [0.2, 0.25) is 0 Å². The molecule has 0 unspecified atom stereocenters. The number of benzene rings is 1. The normalized spacial score (nSPS) is 10.5. The first-order valence-electron chi connectivity index (χ1n) is 4.51. The summed E-state index contributed by atoms with van der Waals surface area (Å²) in [6.45, 7) is 3.05. The standard InChI is InChI=1S/C11H12N2.Pt/c1-10-7-12-9-13(10)8-11-5-3-2-4-6-11;/h2-7,12H,8H2,1H3;. The SMILES string of the molecule is Cc1c[nH][c](=[Pt])n1Cc1ccccc1. The molecule has 3 heteroatoms. The van der Waals surface area contributed by atoms with Crippen LogP contribution in [-0.4, -0.2) is 9.55 Å². The van der Waals surface area contributed by atoms with Crippen LogP contribution in [0.15, 0.2) is 36.5 Å². The van der Waals surface area contributed by atoms with E-state index in [2.05, 4.69) is 60.1 Å². The van der Waals surface area contributed by atoms with E-state index in [-0.39, 0.29) is 0 Å². The topological polar surface area (TPSA) is 20.7 Å². The molecule has 0 saturated heterocycles. The molecule has 0 saturated carbocycles. The fourth-order valence-electron chi connectivity index (χ4n) is 1.41. The predicted octanol–water partition coefficient (Wildman–Crippen LogP) is 2.25. The Morgan fingerprint density at radius 2 is 2.00 bits per heavy atom. The van der Waals surface area contributed by atoms with Crippen molar-refractivity contribution in [2.45, 2.75) is 13.5 Å². The van der Waals surface area contributed by atoms with Gasteiger partial charge in [0, 0.05) is 0 Å². The van der Waals surface area contributed by atoms with Crippen molar-refractivity contribution in [1.29, 1.82) is 0 Å². The Kier molecular flexibility index (Phi) is 2.83. The van der Waals surface area contributed by atoms with E-state index in [0.717, 1.165) is 6.54 Å². The number of aromatic amines is 1. The van der Waals surface area contributed by atoms with Gasteiger partial charge in [0.1, 0.15) is 0 Å². The molecule has 0 amide bonds. The van der Waals surface area contributed by atoms with Crippen molar-refractivity contribution in [1.82, 2.24) is 9.55 Å². The third-order valence-electron chi connectivity index (χ3n) is 2.22. The summed E-state index contributed by atoms with van der Waals surface area (Å²) >= 11 is 2.30. The summed E-state index contributed by atoms with van der Waals surface area (Å²) in [7, 11) is 0. The number of rotatable bonds is 2. The summed E-state index contributed by atoms with van der Waals surface area (Å²) in [6.07, 6.45) is 2.03. The number of aryl methyl sites for hydroxylation is 1. The van der Waals surface area contributed by atoms with Crippen LogP contribution in [0.3, 0.4) is 0 Å². The van der Waals surface area contributed by atoms with E-state index in [4.69, 9.17) is 0 Å². The number of hydrogen-bond acceptors (Lipinski definition) is 0. The molecule has 0 fully saturated rings. The molecule has 14 heavy (non-hydrogen) atoms. The summed E-state index contributed by atoms with van der Waals surface area (Å²) in [5.74, 6) is 0. The first-order chi connectivity index (χ1) is 6.77. The summed E-state index contributed by atoms with van der Waals surface area (Å²) < 4.78 is 3.43. The van der Waals surface area contributed by atoms with Gasteiger partial charge >= 0.3 is 94.0 Å². The molecule has 2 rings (SSSR count). The van der Waals surface area contributed by atoms with Gasteiger partial charge in [0.2, 0.25) is 0 Å². The van der Waals surface area contributed by atoms with Gasteiger partial charge in [0.05, 0.1) is 0 Å². The molecule has 0 aliphatic carbocycles. The second-order valence-corrected chi connectivity index (χ2v) is 4.34. The average Bonchev–Trinajstić information content (AvgIpc) is 2.51. The summed E-state index contributed by atoms with van der Waals surface area (Å²) in [4.78, 5) is 3.21. The van der Waals surface area contributed by atoms with E-state index < -0.39 is 0 Å². The van der Waals surface area contributed by atoms with Crippen LogP contribution in [0.5, 0.6) is 0 Å². The van der Waals surface area contributed by atoms with Crippen LogP contribution < -0.4 is 0 Å². The van der Waals surface area contributed by atoms with E-state index in [9.17, 15) is 0 Å². The van der Waals surface area contributed by atoms with Crippen molar-refractivity contribution in [3.8, 4) is 0 Å². The van der Waals surface area contributed by atoms with Gasteiger partial charge in [-0.3, -0.25) is 0 Å². The van der Waals surface area contributed by atoms with Crippen molar-refractivity contribution in [2.24, 2.45) is 0 Å². The molecule has 0 atom stereocenters. The number of nitrogens with one attached hydrogen (secondary N) is 1. The van der Waals surface area contributed by atoms with E-state index >= 15 is 0 Å². The molecule has 1 aromatic heterocycles. The molecule has 2 aromatic rings.